The molecule has 172 valence electrons. The summed E-state index contributed by atoms with van der Waals surface area (Å²) in [6.07, 6.45) is 18.5. The molecular formula is C25H50O3Si. The van der Waals surface area contributed by atoms with Gasteiger partial charge in [0.15, 0.2) is 0 Å². The van der Waals surface area contributed by atoms with Crippen molar-refractivity contribution in [2.75, 3.05) is 0 Å². The summed E-state index contributed by atoms with van der Waals surface area (Å²) in [6, 6.07) is 0. The largest absolute Gasteiger partial charge is 0.461 e. The van der Waals surface area contributed by atoms with E-state index in [4.69, 9.17) is 4.74 Å². The molecule has 0 aromatic rings. The summed E-state index contributed by atoms with van der Waals surface area (Å²) in [5.41, 5.74) is 0. The lowest BCUT2D eigenvalue weighted by Crippen LogP contribution is -2.63. The first-order chi connectivity index (χ1) is 13.8. The maximum absolute atomic E-state index is 12.6. The number of carbonyl (C=O) groups is 1. The number of hydrogen-bond donors (Lipinski definition) is 1. The van der Waals surface area contributed by atoms with Gasteiger partial charge in [-0.1, -0.05) is 117 Å². The molecule has 1 aliphatic heterocycles. The predicted molar refractivity (Wildman–Crippen MR) is 127 cm³/mol. The minimum atomic E-state index is -1.73. The average molecular weight is 427 g/mol. The van der Waals surface area contributed by atoms with E-state index in [9.17, 15) is 9.90 Å². The van der Waals surface area contributed by atoms with Gasteiger partial charge in [-0.15, -0.1) is 0 Å². The first-order valence-corrected chi connectivity index (χ1v) is 16.2. The molecule has 0 aliphatic carbocycles. The van der Waals surface area contributed by atoms with Gasteiger partial charge in [0.05, 0.1) is 19.2 Å². The van der Waals surface area contributed by atoms with Crippen molar-refractivity contribution in [1.29, 1.82) is 0 Å². The number of rotatable bonds is 18. The Balaban J connectivity index is 2.35. The second-order valence-electron chi connectivity index (χ2n) is 10.4. The number of carbonyl (C=O) groups excluding carboxylic acids is 1. The van der Waals surface area contributed by atoms with E-state index in [0.29, 0.717) is 6.42 Å². The SMILES string of the molecule is CCCCCCCCCCC[C@@H](O)C[C@H]1OC(=O)[C@@]1(CCCCCC)[Si](C)(C)C. The maximum atomic E-state index is 12.6. The van der Waals surface area contributed by atoms with Crippen LogP contribution in [0, 0.1) is 0 Å². The maximum Gasteiger partial charge on any atom is 0.313 e. The van der Waals surface area contributed by atoms with Gasteiger partial charge in [-0.25, -0.2) is 0 Å². The van der Waals surface area contributed by atoms with Crippen LogP contribution in [0.4, 0.5) is 0 Å². The molecule has 1 rings (SSSR count). The van der Waals surface area contributed by atoms with Crippen LogP contribution < -0.4 is 0 Å². The summed E-state index contributed by atoms with van der Waals surface area (Å²) in [7, 11) is -1.73. The van der Waals surface area contributed by atoms with Gasteiger partial charge in [0.25, 0.3) is 0 Å². The monoisotopic (exact) mass is 426 g/mol. The smallest absolute Gasteiger partial charge is 0.313 e. The lowest BCUT2D eigenvalue weighted by molar-refractivity contribution is -0.186. The molecule has 0 aromatic carbocycles. The molecule has 1 fully saturated rings. The van der Waals surface area contributed by atoms with Crippen LogP contribution in [0.2, 0.25) is 24.7 Å². The standard InChI is InChI=1S/C25H50O3Si/c1-6-8-10-12-13-14-15-16-17-19-22(26)21-23-25(24(27)28-23,29(3,4)5)20-18-11-9-7-2/h22-23,26H,6-21H2,1-5H3/t22-,23-,25+/m1/s1. The lowest BCUT2D eigenvalue weighted by Gasteiger charge is -2.54. The fraction of sp³-hybridized carbons (Fsp3) is 0.960. The first kappa shape index (κ1) is 26.7. The molecule has 1 heterocycles. The molecule has 0 aromatic heterocycles. The summed E-state index contributed by atoms with van der Waals surface area (Å²) < 4.78 is 5.64. The normalized spacial score (nSPS) is 23.0. The molecule has 0 radical (unpaired) electrons. The molecule has 1 N–H and O–H groups in total. The second-order valence-corrected chi connectivity index (χ2v) is 15.8. The molecular weight excluding hydrogens is 376 g/mol. The highest BCUT2D eigenvalue weighted by Crippen LogP contribution is 2.56. The van der Waals surface area contributed by atoms with Crippen LogP contribution in [0.15, 0.2) is 0 Å². The fourth-order valence-corrected chi connectivity index (χ4v) is 7.71. The van der Waals surface area contributed by atoms with Crippen molar-refractivity contribution < 1.29 is 14.6 Å². The van der Waals surface area contributed by atoms with Gasteiger partial charge in [0.2, 0.25) is 0 Å². The number of hydrogen-bond acceptors (Lipinski definition) is 3. The Labute approximate surface area is 182 Å². The van der Waals surface area contributed by atoms with Crippen LogP contribution in [-0.2, 0) is 9.53 Å². The number of aliphatic hydroxyl groups excluding tert-OH is 1. The van der Waals surface area contributed by atoms with E-state index in [1.54, 1.807) is 0 Å². The Bertz CT molecular complexity index is 446. The first-order valence-electron chi connectivity index (χ1n) is 12.7. The van der Waals surface area contributed by atoms with Crippen molar-refractivity contribution in [3.05, 3.63) is 0 Å². The van der Waals surface area contributed by atoms with Crippen LogP contribution in [-0.4, -0.2) is 31.4 Å². The van der Waals surface area contributed by atoms with Crippen LogP contribution >= 0.6 is 0 Å². The molecule has 3 atom stereocenters. The van der Waals surface area contributed by atoms with Crippen molar-refractivity contribution in [3.8, 4) is 0 Å². The van der Waals surface area contributed by atoms with Crippen molar-refractivity contribution in [1.82, 2.24) is 0 Å². The summed E-state index contributed by atoms with van der Waals surface area (Å²) in [5.74, 6) is 0.0217. The van der Waals surface area contributed by atoms with Gasteiger partial charge in [-0.05, 0) is 12.8 Å². The van der Waals surface area contributed by atoms with Gasteiger partial charge in [0.1, 0.15) is 6.10 Å². The molecule has 1 saturated heterocycles. The third-order valence-corrected chi connectivity index (χ3v) is 10.5. The third-order valence-electron chi connectivity index (χ3n) is 7.05. The minimum absolute atomic E-state index is 0.0217. The predicted octanol–water partition coefficient (Wildman–Crippen LogP) is 7.63. The highest BCUT2D eigenvalue weighted by molar-refractivity contribution is 6.83. The second kappa shape index (κ2) is 13.9. The topological polar surface area (TPSA) is 46.5 Å². The van der Waals surface area contributed by atoms with E-state index in [-0.39, 0.29) is 23.2 Å². The van der Waals surface area contributed by atoms with E-state index in [1.807, 2.05) is 0 Å². The summed E-state index contributed by atoms with van der Waals surface area (Å²) in [6.45, 7) is 11.4. The molecule has 0 spiro atoms. The van der Waals surface area contributed by atoms with Crippen LogP contribution in [0.1, 0.15) is 117 Å². The van der Waals surface area contributed by atoms with Gasteiger partial charge < -0.3 is 9.84 Å². The van der Waals surface area contributed by atoms with E-state index < -0.39 is 8.07 Å². The molecule has 0 saturated carbocycles. The number of ether oxygens (including phenoxy) is 1. The van der Waals surface area contributed by atoms with Crippen molar-refractivity contribution >= 4 is 14.0 Å². The number of aliphatic hydroxyl groups is 1. The molecule has 4 heteroatoms. The van der Waals surface area contributed by atoms with Gasteiger partial charge in [-0.2, -0.15) is 0 Å². The zero-order valence-corrected chi connectivity index (χ0v) is 21.2. The Kier molecular flexibility index (Phi) is 12.7. The molecule has 0 bridgehead atoms. The third kappa shape index (κ3) is 8.36. The molecule has 29 heavy (non-hydrogen) atoms. The number of cyclic esters (lactones) is 1. The summed E-state index contributed by atoms with van der Waals surface area (Å²) >= 11 is 0. The Morgan fingerprint density at radius 3 is 1.83 bits per heavy atom. The molecule has 0 amide bonds. The zero-order valence-electron chi connectivity index (χ0n) is 20.2. The van der Waals surface area contributed by atoms with Crippen LogP contribution in [0.5, 0.6) is 0 Å². The highest BCUT2D eigenvalue weighted by Gasteiger charge is 2.64. The van der Waals surface area contributed by atoms with Gasteiger partial charge in [0, 0.05) is 6.42 Å². The Hall–Kier alpha value is -0.353. The van der Waals surface area contributed by atoms with E-state index in [0.717, 1.165) is 25.7 Å². The van der Waals surface area contributed by atoms with E-state index >= 15 is 0 Å². The zero-order chi connectivity index (χ0) is 21.8. The van der Waals surface area contributed by atoms with Gasteiger partial charge in [-0.3, -0.25) is 4.79 Å². The van der Waals surface area contributed by atoms with Crippen molar-refractivity contribution in [3.63, 3.8) is 0 Å². The van der Waals surface area contributed by atoms with Crippen molar-refractivity contribution in [2.45, 2.75) is 153 Å². The molecule has 0 unspecified atom stereocenters. The quantitative estimate of drug-likeness (QED) is 0.139. The summed E-state index contributed by atoms with van der Waals surface area (Å²) in [5, 5.41) is 10.3. The van der Waals surface area contributed by atoms with E-state index in [2.05, 4.69) is 33.5 Å². The number of unbranched alkanes of at least 4 members (excludes halogenated alkanes) is 11. The lowest BCUT2D eigenvalue weighted by atomic mass is 9.85. The Morgan fingerprint density at radius 2 is 1.34 bits per heavy atom. The van der Waals surface area contributed by atoms with Crippen LogP contribution in [0.3, 0.4) is 0 Å². The average Bonchev–Trinajstić information content (AvgIpc) is 2.65. The molecule has 1 aliphatic rings. The minimum Gasteiger partial charge on any atom is -0.461 e. The van der Waals surface area contributed by atoms with Gasteiger partial charge >= 0.3 is 5.97 Å². The fourth-order valence-electron chi connectivity index (χ4n) is 4.97. The van der Waals surface area contributed by atoms with Crippen LogP contribution in [0.25, 0.3) is 0 Å². The van der Waals surface area contributed by atoms with E-state index in [1.165, 1.54) is 70.6 Å². The Morgan fingerprint density at radius 1 is 0.862 bits per heavy atom. The molecule has 3 nitrogen and oxygen atoms in total. The number of esters is 1. The van der Waals surface area contributed by atoms with Crippen molar-refractivity contribution in [2.24, 2.45) is 0 Å². The highest BCUT2D eigenvalue weighted by atomic mass is 28.3. The summed E-state index contributed by atoms with van der Waals surface area (Å²) in [4.78, 5) is 12.6.